The summed E-state index contributed by atoms with van der Waals surface area (Å²) < 4.78 is 0. The average molecular weight is 360 g/mol. The number of benzene rings is 1. The van der Waals surface area contributed by atoms with E-state index in [-0.39, 0.29) is 11.6 Å². The van der Waals surface area contributed by atoms with Gasteiger partial charge in [0.2, 0.25) is 5.91 Å². The van der Waals surface area contributed by atoms with Crippen molar-refractivity contribution in [3.05, 3.63) is 63.0 Å². The molecule has 9 heteroatoms. The van der Waals surface area contributed by atoms with E-state index in [2.05, 4.69) is 10.7 Å². The minimum Gasteiger partial charge on any atom is -0.313 e. The van der Waals surface area contributed by atoms with Crippen molar-refractivity contribution in [1.82, 2.24) is 10.4 Å². The molecule has 8 nitrogen and oxygen atoms in total. The molecular weight excluding hydrogens is 344 g/mol. The van der Waals surface area contributed by atoms with Crippen LogP contribution in [-0.2, 0) is 4.79 Å². The zero-order valence-corrected chi connectivity index (χ0v) is 14.4. The summed E-state index contributed by atoms with van der Waals surface area (Å²) in [6, 6.07) is 7.44. The van der Waals surface area contributed by atoms with Crippen molar-refractivity contribution in [3.63, 3.8) is 0 Å². The lowest BCUT2D eigenvalue weighted by Crippen LogP contribution is -2.36. The molecule has 0 aliphatic rings. The molecule has 0 aliphatic heterocycles. The molecule has 2 aromatic rings. The minimum atomic E-state index is -0.489. The van der Waals surface area contributed by atoms with E-state index in [1.807, 2.05) is 0 Å². The van der Waals surface area contributed by atoms with Crippen LogP contribution in [0.15, 0.2) is 41.8 Å². The first-order valence-electron chi connectivity index (χ1n) is 7.16. The maximum absolute atomic E-state index is 12.0. The highest BCUT2D eigenvalue weighted by molar-refractivity contribution is 7.14. The second-order valence-corrected chi connectivity index (χ2v) is 6.09. The van der Waals surface area contributed by atoms with Crippen LogP contribution in [0.1, 0.15) is 15.9 Å². The first-order chi connectivity index (χ1) is 11.9. The maximum atomic E-state index is 12.0. The smallest absolute Gasteiger partial charge is 0.269 e. The first kappa shape index (κ1) is 18.3. The second kappa shape index (κ2) is 8.18. The highest BCUT2D eigenvalue weighted by atomic mass is 32.1. The molecule has 1 aromatic heterocycles. The number of carbonyl (C=O) groups is 2. The Bertz CT molecular complexity index is 812. The summed E-state index contributed by atoms with van der Waals surface area (Å²) in [6.07, 6.45) is 2.83. The lowest BCUT2D eigenvalue weighted by atomic mass is 10.2. The number of thiophene rings is 1. The number of hydrogen-bond donors (Lipinski definition) is 2. The molecule has 0 saturated carbocycles. The quantitative estimate of drug-likeness (QED) is 0.468. The molecular formula is C16H16N4O4S. The van der Waals surface area contributed by atoms with E-state index in [0.717, 1.165) is 0 Å². The number of non-ortho nitro benzene ring substituents is 1. The fourth-order valence-electron chi connectivity index (χ4n) is 1.88. The van der Waals surface area contributed by atoms with Gasteiger partial charge in [-0.2, -0.15) is 0 Å². The molecule has 1 aromatic carbocycles. The van der Waals surface area contributed by atoms with Gasteiger partial charge in [0.1, 0.15) is 5.00 Å². The van der Waals surface area contributed by atoms with Crippen LogP contribution in [0.3, 0.4) is 0 Å². The van der Waals surface area contributed by atoms with Gasteiger partial charge in [0.15, 0.2) is 0 Å². The Morgan fingerprint density at radius 1 is 1.20 bits per heavy atom. The number of nitro benzene ring substituents is 1. The van der Waals surface area contributed by atoms with Crippen molar-refractivity contribution in [3.8, 4) is 0 Å². The lowest BCUT2D eigenvalue weighted by Gasteiger charge is -2.12. The van der Waals surface area contributed by atoms with E-state index < -0.39 is 10.8 Å². The van der Waals surface area contributed by atoms with Crippen molar-refractivity contribution >= 4 is 39.9 Å². The maximum Gasteiger partial charge on any atom is 0.269 e. The van der Waals surface area contributed by atoms with Crippen LogP contribution in [-0.4, -0.2) is 35.8 Å². The van der Waals surface area contributed by atoms with Gasteiger partial charge in [-0.3, -0.25) is 25.1 Å². The van der Waals surface area contributed by atoms with E-state index in [0.29, 0.717) is 16.1 Å². The van der Waals surface area contributed by atoms with Crippen molar-refractivity contribution in [2.75, 3.05) is 19.4 Å². The molecule has 2 amide bonds. The zero-order chi connectivity index (χ0) is 18.4. The summed E-state index contributed by atoms with van der Waals surface area (Å²) in [6.45, 7) is 0. The van der Waals surface area contributed by atoms with Crippen LogP contribution in [0.5, 0.6) is 0 Å². The summed E-state index contributed by atoms with van der Waals surface area (Å²) in [7, 11) is 3.38. The third-order valence-corrected chi connectivity index (χ3v) is 3.83. The van der Waals surface area contributed by atoms with E-state index in [1.54, 1.807) is 37.7 Å². The van der Waals surface area contributed by atoms with Gasteiger partial charge in [-0.25, -0.2) is 5.01 Å². The Morgan fingerprint density at radius 2 is 1.88 bits per heavy atom. The Labute approximate surface area is 147 Å². The van der Waals surface area contributed by atoms with Crippen LogP contribution in [0.2, 0.25) is 0 Å². The topological polar surface area (TPSA) is 105 Å². The number of hydrogen-bond acceptors (Lipinski definition) is 6. The second-order valence-electron chi connectivity index (χ2n) is 5.17. The Morgan fingerprint density at radius 3 is 2.48 bits per heavy atom. The van der Waals surface area contributed by atoms with E-state index in [4.69, 9.17) is 0 Å². The van der Waals surface area contributed by atoms with E-state index in [1.165, 1.54) is 40.6 Å². The normalized spacial score (nSPS) is 10.8. The third-order valence-electron chi connectivity index (χ3n) is 3.00. The number of nitrogens with zero attached hydrogens (tertiary/aromatic N) is 2. The summed E-state index contributed by atoms with van der Waals surface area (Å²) in [5.74, 6) is -0.722. The van der Waals surface area contributed by atoms with Crippen LogP contribution in [0.25, 0.3) is 6.08 Å². The van der Waals surface area contributed by atoms with Crippen LogP contribution in [0.4, 0.5) is 10.7 Å². The Balaban J connectivity index is 2.02. The molecule has 130 valence electrons. The lowest BCUT2D eigenvalue weighted by molar-refractivity contribution is -0.384. The fraction of sp³-hybridized carbons (Fsp3) is 0.125. The summed E-state index contributed by atoms with van der Waals surface area (Å²) >= 11 is 1.24. The van der Waals surface area contributed by atoms with E-state index >= 15 is 0 Å². The highest BCUT2D eigenvalue weighted by Gasteiger charge is 2.14. The number of hydrazine groups is 1. The van der Waals surface area contributed by atoms with Gasteiger partial charge in [0.05, 0.1) is 10.5 Å². The van der Waals surface area contributed by atoms with E-state index in [9.17, 15) is 19.7 Å². The number of carbonyl (C=O) groups excluding carboxylic acids is 2. The molecule has 2 N–H and O–H groups in total. The van der Waals surface area contributed by atoms with Gasteiger partial charge in [-0.15, -0.1) is 11.3 Å². The van der Waals surface area contributed by atoms with Crippen LogP contribution in [0, 0.1) is 10.1 Å². The molecule has 0 fully saturated rings. The summed E-state index contributed by atoms with van der Waals surface area (Å²) in [4.78, 5) is 34.1. The molecule has 0 unspecified atom stereocenters. The number of rotatable bonds is 6. The van der Waals surface area contributed by atoms with Crippen molar-refractivity contribution < 1.29 is 14.5 Å². The number of anilines is 1. The van der Waals surface area contributed by atoms with Gasteiger partial charge in [-0.1, -0.05) is 0 Å². The largest absolute Gasteiger partial charge is 0.313 e. The van der Waals surface area contributed by atoms with Crippen LogP contribution < -0.4 is 10.7 Å². The molecule has 25 heavy (non-hydrogen) atoms. The zero-order valence-electron chi connectivity index (χ0n) is 13.6. The van der Waals surface area contributed by atoms with Crippen molar-refractivity contribution in [2.24, 2.45) is 0 Å². The minimum absolute atomic E-state index is 0.0169. The molecule has 0 spiro atoms. The number of amides is 2. The van der Waals surface area contributed by atoms with Gasteiger partial charge in [0.25, 0.3) is 11.6 Å². The average Bonchev–Trinajstić information content (AvgIpc) is 3.01. The summed E-state index contributed by atoms with van der Waals surface area (Å²) in [5.41, 5.74) is 3.61. The fourth-order valence-corrected chi connectivity index (χ4v) is 2.67. The Kier molecular flexibility index (Phi) is 5.98. The predicted molar refractivity (Wildman–Crippen MR) is 96.2 cm³/mol. The Hall–Kier alpha value is -3.04. The van der Waals surface area contributed by atoms with Gasteiger partial charge >= 0.3 is 0 Å². The molecule has 2 rings (SSSR count). The van der Waals surface area contributed by atoms with Gasteiger partial charge < -0.3 is 5.32 Å². The number of nitro groups is 1. The van der Waals surface area contributed by atoms with Crippen molar-refractivity contribution in [2.45, 2.75) is 0 Å². The SMILES string of the molecule is CN(C)NC(=O)c1ccsc1NC(=O)/C=C\c1ccc([N+](=O)[O-])cc1. The summed E-state index contributed by atoms with van der Waals surface area (Å²) in [5, 5.41) is 16.9. The van der Waals surface area contributed by atoms with Gasteiger partial charge in [0, 0.05) is 32.3 Å². The predicted octanol–water partition coefficient (Wildman–Crippen LogP) is 2.51. The molecule has 0 radical (unpaired) electrons. The molecule has 0 atom stereocenters. The first-order valence-corrected chi connectivity index (χ1v) is 8.04. The molecule has 0 saturated heterocycles. The standard InChI is InChI=1S/C16H16N4O4S/c1-19(2)18-15(22)13-9-10-25-16(13)17-14(21)8-5-11-3-6-12(7-4-11)20(23)24/h3-10H,1-2H3,(H,17,21)(H,18,22)/b8-5-. The molecule has 0 bridgehead atoms. The van der Waals surface area contributed by atoms with Crippen LogP contribution >= 0.6 is 11.3 Å². The monoisotopic (exact) mass is 360 g/mol. The highest BCUT2D eigenvalue weighted by Crippen LogP contribution is 2.23. The molecule has 0 aliphatic carbocycles. The van der Waals surface area contributed by atoms with Crippen molar-refractivity contribution in [1.29, 1.82) is 0 Å². The van der Waals surface area contributed by atoms with Gasteiger partial charge in [-0.05, 0) is 35.2 Å². The third kappa shape index (κ3) is 5.23. The molecule has 1 heterocycles. The number of nitrogens with one attached hydrogen (secondary N) is 2.